The minimum atomic E-state index is 0.345. The number of nitrogens with one attached hydrogen (secondary N) is 2. The lowest BCUT2D eigenvalue weighted by atomic mass is 9.92. The van der Waals surface area contributed by atoms with Crippen molar-refractivity contribution >= 4 is 11.0 Å². The van der Waals surface area contributed by atoms with Crippen LogP contribution in [0.15, 0.2) is 24.3 Å². The minimum Gasteiger partial charge on any atom is -0.380 e. The summed E-state index contributed by atoms with van der Waals surface area (Å²) in [5.41, 5.74) is 2.14. The van der Waals surface area contributed by atoms with E-state index < -0.39 is 0 Å². The summed E-state index contributed by atoms with van der Waals surface area (Å²) >= 11 is 0. The number of fused-ring (bicyclic) bond motifs is 1. The molecule has 0 spiro atoms. The first-order valence-electron chi connectivity index (χ1n) is 7.06. The third-order valence-electron chi connectivity index (χ3n) is 3.98. The van der Waals surface area contributed by atoms with E-state index in [2.05, 4.69) is 21.4 Å². The monoisotopic (exact) mass is 259 g/mol. The lowest BCUT2D eigenvalue weighted by Gasteiger charge is -2.30. The smallest absolute Gasteiger partial charge is 0.121 e. The predicted octanol–water partition coefficient (Wildman–Crippen LogP) is 2.61. The number of hydrogen-bond acceptors (Lipinski definition) is 3. The Morgan fingerprint density at radius 1 is 1.32 bits per heavy atom. The van der Waals surface area contributed by atoms with Gasteiger partial charge in [0.25, 0.3) is 0 Å². The molecular formula is C15H21N3O. The van der Waals surface area contributed by atoms with Gasteiger partial charge in [-0.2, -0.15) is 0 Å². The van der Waals surface area contributed by atoms with Crippen LogP contribution in [-0.2, 0) is 11.3 Å². The van der Waals surface area contributed by atoms with Gasteiger partial charge in [-0.25, -0.2) is 4.98 Å². The SMILES string of the molecule is COC1CCCCC1NCc1nc2ccccc2[nH]1. The van der Waals surface area contributed by atoms with E-state index in [1.165, 1.54) is 19.3 Å². The summed E-state index contributed by atoms with van der Waals surface area (Å²) in [6.07, 6.45) is 5.27. The van der Waals surface area contributed by atoms with E-state index in [4.69, 9.17) is 4.74 Å². The molecule has 0 aliphatic heterocycles. The van der Waals surface area contributed by atoms with Crippen molar-refractivity contribution in [2.75, 3.05) is 7.11 Å². The molecule has 3 rings (SSSR count). The van der Waals surface area contributed by atoms with E-state index in [1.807, 2.05) is 25.3 Å². The average molecular weight is 259 g/mol. The van der Waals surface area contributed by atoms with Gasteiger partial charge < -0.3 is 15.0 Å². The zero-order valence-electron chi connectivity index (χ0n) is 11.4. The zero-order chi connectivity index (χ0) is 13.1. The third-order valence-corrected chi connectivity index (χ3v) is 3.98. The Bertz CT molecular complexity index is 504. The topological polar surface area (TPSA) is 49.9 Å². The molecule has 2 unspecified atom stereocenters. The maximum atomic E-state index is 5.56. The van der Waals surface area contributed by atoms with Crippen molar-refractivity contribution in [1.29, 1.82) is 0 Å². The van der Waals surface area contributed by atoms with Crippen molar-refractivity contribution in [1.82, 2.24) is 15.3 Å². The molecule has 4 nitrogen and oxygen atoms in total. The van der Waals surface area contributed by atoms with Crippen LogP contribution in [-0.4, -0.2) is 29.2 Å². The molecule has 102 valence electrons. The molecule has 1 aromatic carbocycles. The van der Waals surface area contributed by atoms with Crippen molar-refractivity contribution in [2.45, 2.75) is 44.4 Å². The Morgan fingerprint density at radius 3 is 3.00 bits per heavy atom. The fourth-order valence-electron chi connectivity index (χ4n) is 2.93. The molecule has 2 aromatic rings. The summed E-state index contributed by atoms with van der Waals surface area (Å²) in [7, 11) is 1.81. The summed E-state index contributed by atoms with van der Waals surface area (Å²) in [5, 5.41) is 3.58. The van der Waals surface area contributed by atoms with Gasteiger partial charge in [-0.1, -0.05) is 25.0 Å². The van der Waals surface area contributed by atoms with Crippen LogP contribution in [0.25, 0.3) is 11.0 Å². The molecule has 4 heteroatoms. The third kappa shape index (κ3) is 2.80. The largest absolute Gasteiger partial charge is 0.380 e. The molecule has 1 aromatic heterocycles. The van der Waals surface area contributed by atoms with E-state index in [-0.39, 0.29) is 0 Å². The van der Waals surface area contributed by atoms with Gasteiger partial charge in [0.15, 0.2) is 0 Å². The van der Waals surface area contributed by atoms with Gasteiger partial charge in [-0.3, -0.25) is 0 Å². The molecule has 1 aliphatic carbocycles. The van der Waals surface area contributed by atoms with Gasteiger partial charge in [-0.05, 0) is 25.0 Å². The number of aromatic nitrogens is 2. The second kappa shape index (κ2) is 5.72. The van der Waals surface area contributed by atoms with Crippen LogP contribution >= 0.6 is 0 Å². The highest BCUT2D eigenvalue weighted by Gasteiger charge is 2.24. The molecule has 1 aliphatic rings. The highest BCUT2D eigenvalue weighted by molar-refractivity contribution is 5.74. The second-order valence-corrected chi connectivity index (χ2v) is 5.25. The van der Waals surface area contributed by atoms with Crippen molar-refractivity contribution in [3.8, 4) is 0 Å². The molecule has 0 bridgehead atoms. The second-order valence-electron chi connectivity index (χ2n) is 5.25. The number of benzene rings is 1. The van der Waals surface area contributed by atoms with Crippen LogP contribution in [0.4, 0.5) is 0 Å². The first-order chi connectivity index (χ1) is 9.36. The van der Waals surface area contributed by atoms with E-state index >= 15 is 0 Å². The number of para-hydroxylation sites is 2. The van der Waals surface area contributed by atoms with Gasteiger partial charge in [0.1, 0.15) is 5.82 Å². The van der Waals surface area contributed by atoms with E-state index in [1.54, 1.807) is 0 Å². The number of ether oxygens (including phenoxy) is 1. The summed E-state index contributed by atoms with van der Waals surface area (Å²) in [6, 6.07) is 8.59. The van der Waals surface area contributed by atoms with E-state index in [0.29, 0.717) is 12.1 Å². The van der Waals surface area contributed by atoms with Crippen LogP contribution in [0.2, 0.25) is 0 Å². The molecule has 1 saturated carbocycles. The molecule has 0 radical (unpaired) electrons. The number of aromatic amines is 1. The number of hydrogen-bond donors (Lipinski definition) is 2. The molecule has 2 N–H and O–H groups in total. The molecule has 0 amide bonds. The number of rotatable bonds is 4. The van der Waals surface area contributed by atoms with Crippen LogP contribution < -0.4 is 5.32 Å². The van der Waals surface area contributed by atoms with Crippen molar-refractivity contribution < 1.29 is 4.74 Å². The first-order valence-corrected chi connectivity index (χ1v) is 7.06. The quantitative estimate of drug-likeness (QED) is 0.887. The van der Waals surface area contributed by atoms with Crippen LogP contribution in [0, 0.1) is 0 Å². The zero-order valence-corrected chi connectivity index (χ0v) is 11.4. The lowest BCUT2D eigenvalue weighted by molar-refractivity contribution is 0.0411. The Kier molecular flexibility index (Phi) is 3.80. The standard InChI is InChI=1S/C15H21N3O/c1-19-14-9-5-4-8-13(14)16-10-15-17-11-6-2-3-7-12(11)18-15/h2-3,6-7,13-14,16H,4-5,8-10H2,1H3,(H,17,18). The summed E-state index contributed by atoms with van der Waals surface area (Å²) in [5.74, 6) is 1.00. The molecule has 2 atom stereocenters. The normalized spacial score (nSPS) is 23.8. The van der Waals surface area contributed by atoms with E-state index in [9.17, 15) is 0 Å². The number of H-pyrrole nitrogens is 1. The maximum Gasteiger partial charge on any atom is 0.121 e. The van der Waals surface area contributed by atoms with Gasteiger partial charge in [0.05, 0.1) is 23.7 Å². The number of nitrogens with zero attached hydrogens (tertiary/aromatic N) is 1. The average Bonchev–Trinajstić information content (AvgIpc) is 2.88. The Labute approximate surface area is 113 Å². The molecule has 1 fully saturated rings. The predicted molar refractivity (Wildman–Crippen MR) is 76.0 cm³/mol. The number of methoxy groups -OCH3 is 1. The molecule has 0 saturated heterocycles. The Balaban J connectivity index is 1.64. The lowest BCUT2D eigenvalue weighted by Crippen LogP contribution is -2.42. The number of imidazole rings is 1. The summed E-state index contributed by atoms with van der Waals surface area (Å²) < 4.78 is 5.56. The van der Waals surface area contributed by atoms with Gasteiger partial charge in [0.2, 0.25) is 0 Å². The van der Waals surface area contributed by atoms with Gasteiger partial charge >= 0.3 is 0 Å². The van der Waals surface area contributed by atoms with E-state index in [0.717, 1.165) is 29.8 Å². The first kappa shape index (κ1) is 12.6. The molecule has 19 heavy (non-hydrogen) atoms. The molecule has 1 heterocycles. The van der Waals surface area contributed by atoms with Crippen LogP contribution in [0.5, 0.6) is 0 Å². The van der Waals surface area contributed by atoms with Gasteiger partial charge in [-0.15, -0.1) is 0 Å². The minimum absolute atomic E-state index is 0.345. The summed E-state index contributed by atoms with van der Waals surface area (Å²) in [6.45, 7) is 0.777. The Morgan fingerprint density at radius 2 is 2.16 bits per heavy atom. The van der Waals surface area contributed by atoms with Gasteiger partial charge in [0, 0.05) is 13.2 Å². The fourth-order valence-corrected chi connectivity index (χ4v) is 2.93. The fraction of sp³-hybridized carbons (Fsp3) is 0.533. The van der Waals surface area contributed by atoms with Crippen LogP contribution in [0.3, 0.4) is 0 Å². The van der Waals surface area contributed by atoms with Crippen LogP contribution in [0.1, 0.15) is 31.5 Å². The van der Waals surface area contributed by atoms with Crippen molar-refractivity contribution in [3.63, 3.8) is 0 Å². The Hall–Kier alpha value is -1.39. The highest BCUT2D eigenvalue weighted by atomic mass is 16.5. The van der Waals surface area contributed by atoms with Crippen molar-refractivity contribution in [2.24, 2.45) is 0 Å². The summed E-state index contributed by atoms with van der Waals surface area (Å²) in [4.78, 5) is 7.94. The molecular weight excluding hydrogens is 238 g/mol. The highest BCUT2D eigenvalue weighted by Crippen LogP contribution is 2.21. The van der Waals surface area contributed by atoms with Crippen molar-refractivity contribution in [3.05, 3.63) is 30.1 Å². The maximum absolute atomic E-state index is 5.56.